The monoisotopic (exact) mass is 416 g/mol. The molecule has 1 saturated heterocycles. The van der Waals surface area contributed by atoms with Gasteiger partial charge in [0.25, 0.3) is 5.92 Å². The number of rotatable bonds is 7. The van der Waals surface area contributed by atoms with Crippen LogP contribution in [0.4, 0.5) is 17.6 Å². The summed E-state index contributed by atoms with van der Waals surface area (Å²) in [5, 5.41) is 0. The number of alkyl halides is 2. The highest BCUT2D eigenvalue weighted by Crippen LogP contribution is 2.46. The molecule has 0 spiro atoms. The van der Waals surface area contributed by atoms with Crippen molar-refractivity contribution in [3.05, 3.63) is 42.0 Å². The Morgan fingerprint density at radius 3 is 2.59 bits per heavy atom. The number of benzene rings is 1. The lowest BCUT2D eigenvalue weighted by Gasteiger charge is -2.34. The smallest absolute Gasteiger partial charge is 0.254 e. The molecular weight excluding hydrogens is 388 g/mol. The molecule has 4 atom stereocenters. The maximum absolute atomic E-state index is 14.6. The van der Waals surface area contributed by atoms with Crippen LogP contribution >= 0.6 is 0 Å². The van der Waals surface area contributed by atoms with Gasteiger partial charge in [-0.25, -0.2) is 13.2 Å². The Morgan fingerprint density at radius 1 is 1.17 bits per heavy atom. The second kappa shape index (κ2) is 9.47. The van der Waals surface area contributed by atoms with Gasteiger partial charge in [-0.15, -0.1) is 6.58 Å². The molecule has 2 fully saturated rings. The van der Waals surface area contributed by atoms with E-state index in [0.29, 0.717) is 26.1 Å². The Labute approximate surface area is 169 Å². The van der Waals surface area contributed by atoms with Gasteiger partial charge in [0, 0.05) is 18.9 Å². The van der Waals surface area contributed by atoms with Crippen LogP contribution in [0.3, 0.4) is 0 Å². The van der Waals surface area contributed by atoms with Gasteiger partial charge in [0.1, 0.15) is 6.61 Å². The summed E-state index contributed by atoms with van der Waals surface area (Å²) < 4.78 is 74.0. The van der Waals surface area contributed by atoms with Crippen molar-refractivity contribution in [1.82, 2.24) is 0 Å². The summed E-state index contributed by atoms with van der Waals surface area (Å²) in [7, 11) is 0. The largest absolute Gasteiger partial charge is 0.488 e. The lowest BCUT2D eigenvalue weighted by molar-refractivity contribution is -0.0930. The van der Waals surface area contributed by atoms with E-state index in [0.717, 1.165) is 6.42 Å². The van der Waals surface area contributed by atoms with Crippen LogP contribution in [0, 0.1) is 17.6 Å². The quantitative estimate of drug-likeness (QED) is 0.426. The van der Waals surface area contributed by atoms with Gasteiger partial charge in [0.15, 0.2) is 11.6 Å². The molecule has 1 aliphatic carbocycles. The Bertz CT molecular complexity index is 702. The Hall–Kier alpha value is -1.60. The molecule has 2 aliphatic rings. The molecule has 1 aromatic rings. The molecule has 0 aromatic heterocycles. The highest BCUT2D eigenvalue weighted by Gasteiger charge is 2.44. The van der Waals surface area contributed by atoms with Crippen LogP contribution in [0.2, 0.25) is 0 Å². The first-order valence-electron chi connectivity index (χ1n) is 10.2. The average Bonchev–Trinajstić information content (AvgIpc) is 2.70. The highest BCUT2D eigenvalue weighted by molar-refractivity contribution is 5.33. The van der Waals surface area contributed by atoms with E-state index in [1.54, 1.807) is 0 Å². The summed E-state index contributed by atoms with van der Waals surface area (Å²) in [6, 6.07) is 2.67. The minimum absolute atomic E-state index is 0.0227. The minimum Gasteiger partial charge on any atom is -0.488 e. The Kier molecular flexibility index (Phi) is 7.22. The Balaban J connectivity index is 1.61. The van der Waals surface area contributed by atoms with Crippen molar-refractivity contribution in [3.8, 4) is 5.75 Å². The molecular formula is C22H28F4O3. The van der Waals surface area contributed by atoms with E-state index in [4.69, 9.17) is 14.2 Å². The van der Waals surface area contributed by atoms with Gasteiger partial charge in [-0.3, -0.25) is 0 Å². The SMILES string of the molecule is C=CC1CCC(c2ccc(OCC3CCC(OCC)CO3)c(F)c2F)CC1(F)F. The van der Waals surface area contributed by atoms with Crippen molar-refractivity contribution >= 4 is 0 Å². The van der Waals surface area contributed by atoms with Gasteiger partial charge in [-0.2, -0.15) is 4.39 Å². The number of ether oxygens (including phenoxy) is 3. The molecule has 1 aliphatic heterocycles. The van der Waals surface area contributed by atoms with E-state index >= 15 is 0 Å². The first-order valence-corrected chi connectivity index (χ1v) is 10.2. The molecule has 3 rings (SSSR count). The van der Waals surface area contributed by atoms with E-state index in [1.165, 1.54) is 18.2 Å². The van der Waals surface area contributed by atoms with Crippen molar-refractivity contribution in [2.75, 3.05) is 19.8 Å². The molecule has 1 aromatic carbocycles. The molecule has 0 N–H and O–H groups in total. The fourth-order valence-electron chi connectivity index (χ4n) is 4.17. The van der Waals surface area contributed by atoms with Crippen molar-refractivity contribution in [3.63, 3.8) is 0 Å². The second-order valence-corrected chi connectivity index (χ2v) is 7.78. The minimum atomic E-state index is -2.97. The standard InChI is InChI=1S/C22H28F4O3/c1-3-15-6-5-14(11-22(15,25)26)18-9-10-19(21(24)20(18)23)29-13-17-8-7-16(12-28-17)27-4-2/h3,9-10,14-17H,1,4-8,11-13H2,2H3. The molecule has 0 radical (unpaired) electrons. The molecule has 0 amide bonds. The van der Waals surface area contributed by atoms with Crippen LogP contribution in [-0.2, 0) is 9.47 Å². The summed E-state index contributed by atoms with van der Waals surface area (Å²) in [4.78, 5) is 0. The fourth-order valence-corrected chi connectivity index (χ4v) is 4.17. The zero-order chi connectivity index (χ0) is 21.0. The van der Waals surface area contributed by atoms with Crippen molar-refractivity contribution in [2.45, 2.75) is 63.1 Å². The third-order valence-corrected chi connectivity index (χ3v) is 5.84. The topological polar surface area (TPSA) is 27.7 Å². The van der Waals surface area contributed by atoms with Crippen LogP contribution in [0.15, 0.2) is 24.8 Å². The molecule has 29 heavy (non-hydrogen) atoms. The van der Waals surface area contributed by atoms with E-state index < -0.39 is 35.8 Å². The van der Waals surface area contributed by atoms with E-state index in [1.807, 2.05) is 6.92 Å². The van der Waals surface area contributed by atoms with E-state index in [-0.39, 0.29) is 36.5 Å². The van der Waals surface area contributed by atoms with Crippen LogP contribution in [0.5, 0.6) is 5.75 Å². The van der Waals surface area contributed by atoms with Gasteiger partial charge >= 0.3 is 0 Å². The van der Waals surface area contributed by atoms with Crippen molar-refractivity contribution in [2.24, 2.45) is 5.92 Å². The van der Waals surface area contributed by atoms with Gasteiger partial charge in [-0.05, 0) is 50.2 Å². The van der Waals surface area contributed by atoms with Gasteiger partial charge < -0.3 is 14.2 Å². The summed E-state index contributed by atoms with van der Waals surface area (Å²) in [5.41, 5.74) is -0.0227. The molecule has 1 saturated carbocycles. The zero-order valence-corrected chi connectivity index (χ0v) is 16.6. The number of hydrogen-bond acceptors (Lipinski definition) is 3. The summed E-state index contributed by atoms with van der Waals surface area (Å²) >= 11 is 0. The van der Waals surface area contributed by atoms with E-state index in [2.05, 4.69) is 6.58 Å². The van der Waals surface area contributed by atoms with Crippen LogP contribution in [-0.4, -0.2) is 38.0 Å². The predicted molar refractivity (Wildman–Crippen MR) is 101 cm³/mol. The average molecular weight is 416 g/mol. The molecule has 3 nitrogen and oxygen atoms in total. The zero-order valence-electron chi connectivity index (χ0n) is 16.6. The van der Waals surface area contributed by atoms with Crippen molar-refractivity contribution in [1.29, 1.82) is 0 Å². The fraction of sp³-hybridized carbons (Fsp3) is 0.636. The number of allylic oxidation sites excluding steroid dienone is 1. The normalized spacial score (nSPS) is 29.4. The maximum atomic E-state index is 14.6. The molecule has 1 heterocycles. The van der Waals surface area contributed by atoms with Gasteiger partial charge in [-0.1, -0.05) is 12.1 Å². The predicted octanol–water partition coefficient (Wildman–Crippen LogP) is 5.63. The molecule has 0 bridgehead atoms. The van der Waals surface area contributed by atoms with Crippen LogP contribution < -0.4 is 4.74 Å². The first kappa shape index (κ1) is 22.1. The summed E-state index contributed by atoms with van der Waals surface area (Å²) in [5.74, 6) is -7.11. The highest BCUT2D eigenvalue weighted by atomic mass is 19.3. The maximum Gasteiger partial charge on any atom is 0.254 e. The molecule has 162 valence electrons. The van der Waals surface area contributed by atoms with Crippen LogP contribution in [0.1, 0.15) is 50.5 Å². The van der Waals surface area contributed by atoms with Gasteiger partial charge in [0.05, 0.1) is 18.8 Å². The lowest BCUT2D eigenvalue weighted by atomic mass is 9.76. The van der Waals surface area contributed by atoms with Gasteiger partial charge in [0.2, 0.25) is 5.82 Å². The summed E-state index contributed by atoms with van der Waals surface area (Å²) in [6.45, 7) is 6.52. The molecule has 4 unspecified atom stereocenters. The Morgan fingerprint density at radius 2 is 1.97 bits per heavy atom. The third-order valence-electron chi connectivity index (χ3n) is 5.84. The van der Waals surface area contributed by atoms with Crippen LogP contribution in [0.25, 0.3) is 0 Å². The van der Waals surface area contributed by atoms with E-state index in [9.17, 15) is 17.6 Å². The first-order chi connectivity index (χ1) is 13.9. The molecule has 7 heteroatoms. The second-order valence-electron chi connectivity index (χ2n) is 7.78. The van der Waals surface area contributed by atoms with Crippen molar-refractivity contribution < 1.29 is 31.8 Å². The number of hydrogen-bond donors (Lipinski definition) is 0. The lowest BCUT2D eigenvalue weighted by Crippen LogP contribution is -2.35. The number of halogens is 4. The summed E-state index contributed by atoms with van der Waals surface area (Å²) in [6.07, 6.45) is 2.64. The third kappa shape index (κ3) is 5.12.